The number of nitrogens with one attached hydrogen (secondary N) is 1. The third-order valence-corrected chi connectivity index (χ3v) is 4.82. The summed E-state index contributed by atoms with van der Waals surface area (Å²) in [4.78, 5) is 0. The molecule has 0 fully saturated rings. The molecule has 114 valence electrons. The molecule has 0 saturated heterocycles. The average Bonchev–Trinajstić information content (AvgIpc) is 2.42. The molecule has 0 aliphatic carbocycles. The molecule has 1 atom stereocenters. The van der Waals surface area contributed by atoms with Crippen LogP contribution in [0, 0.1) is 17.5 Å². The van der Waals surface area contributed by atoms with E-state index in [4.69, 9.17) is 5.84 Å². The van der Waals surface area contributed by atoms with E-state index in [1.807, 2.05) is 0 Å². The smallest absolute Gasteiger partial charge is 0.194 e. The first-order valence-corrected chi connectivity index (χ1v) is 7.94. The van der Waals surface area contributed by atoms with E-state index in [9.17, 15) is 21.6 Å². The van der Waals surface area contributed by atoms with Crippen molar-refractivity contribution in [2.75, 3.05) is 11.5 Å². The highest BCUT2D eigenvalue weighted by Crippen LogP contribution is 2.24. The predicted octanol–water partition coefficient (Wildman–Crippen LogP) is 1.82. The zero-order chi connectivity index (χ0) is 15.3. The van der Waals surface area contributed by atoms with Crippen LogP contribution in [-0.4, -0.2) is 19.9 Å². The van der Waals surface area contributed by atoms with Crippen LogP contribution in [0.1, 0.15) is 31.4 Å². The first-order valence-electron chi connectivity index (χ1n) is 6.12. The fourth-order valence-corrected chi connectivity index (χ4v) is 2.69. The zero-order valence-electron chi connectivity index (χ0n) is 11.0. The number of hydrazine groups is 1. The molecule has 1 aromatic rings. The van der Waals surface area contributed by atoms with Crippen LogP contribution in [0.2, 0.25) is 0 Å². The van der Waals surface area contributed by atoms with Gasteiger partial charge in [-0.3, -0.25) is 11.3 Å². The Morgan fingerprint density at radius 2 is 1.90 bits per heavy atom. The number of hydrogen-bond acceptors (Lipinski definition) is 4. The molecule has 0 amide bonds. The molecule has 0 aromatic heterocycles. The molecule has 8 heteroatoms. The third kappa shape index (κ3) is 4.19. The predicted molar refractivity (Wildman–Crippen MR) is 69.9 cm³/mol. The first-order chi connectivity index (χ1) is 9.32. The van der Waals surface area contributed by atoms with Crippen molar-refractivity contribution in [3.8, 4) is 0 Å². The quantitative estimate of drug-likeness (QED) is 0.458. The van der Waals surface area contributed by atoms with E-state index in [0.717, 1.165) is 12.1 Å². The van der Waals surface area contributed by atoms with Gasteiger partial charge in [0.25, 0.3) is 0 Å². The van der Waals surface area contributed by atoms with E-state index in [-0.39, 0.29) is 29.9 Å². The number of benzene rings is 1. The number of halogens is 3. The fourth-order valence-electron chi connectivity index (χ4n) is 1.79. The minimum Gasteiger partial charge on any atom is -0.271 e. The highest BCUT2D eigenvalue weighted by Gasteiger charge is 2.20. The zero-order valence-corrected chi connectivity index (χ0v) is 11.8. The standard InChI is InChI=1S/C12H17F3N2O2S/c1-2-20(18,19)7-3-4-10(17-16)8-5-6-9(13)12(15)11(8)14/h5-6,10,17H,2-4,7,16H2,1H3. The summed E-state index contributed by atoms with van der Waals surface area (Å²) in [7, 11) is -3.13. The summed E-state index contributed by atoms with van der Waals surface area (Å²) >= 11 is 0. The van der Waals surface area contributed by atoms with Crippen LogP contribution >= 0.6 is 0 Å². The van der Waals surface area contributed by atoms with E-state index in [1.165, 1.54) is 6.92 Å². The molecule has 0 saturated carbocycles. The lowest BCUT2D eigenvalue weighted by Gasteiger charge is -2.17. The van der Waals surface area contributed by atoms with E-state index < -0.39 is 33.3 Å². The van der Waals surface area contributed by atoms with Gasteiger partial charge < -0.3 is 0 Å². The molecule has 1 aromatic carbocycles. The van der Waals surface area contributed by atoms with Gasteiger partial charge in [0, 0.05) is 17.4 Å². The lowest BCUT2D eigenvalue weighted by molar-refractivity contribution is 0.418. The summed E-state index contributed by atoms with van der Waals surface area (Å²) in [6.45, 7) is 1.53. The summed E-state index contributed by atoms with van der Waals surface area (Å²) < 4.78 is 62.2. The SMILES string of the molecule is CCS(=O)(=O)CCCC(NN)c1ccc(F)c(F)c1F. The summed E-state index contributed by atoms with van der Waals surface area (Å²) in [5.41, 5.74) is 2.16. The Bertz CT molecular complexity index is 564. The second-order valence-electron chi connectivity index (χ2n) is 4.36. The van der Waals surface area contributed by atoms with Gasteiger partial charge in [-0.1, -0.05) is 13.0 Å². The molecule has 20 heavy (non-hydrogen) atoms. The highest BCUT2D eigenvalue weighted by molar-refractivity contribution is 7.91. The Morgan fingerprint density at radius 1 is 1.25 bits per heavy atom. The first kappa shape index (κ1) is 16.9. The molecule has 0 bridgehead atoms. The van der Waals surface area contributed by atoms with Crippen LogP contribution in [0.5, 0.6) is 0 Å². The number of rotatable bonds is 7. The van der Waals surface area contributed by atoms with E-state index in [0.29, 0.717) is 0 Å². The lowest BCUT2D eigenvalue weighted by atomic mass is 10.0. The molecule has 1 rings (SSSR count). The maximum absolute atomic E-state index is 13.6. The van der Waals surface area contributed by atoms with Gasteiger partial charge in [0.15, 0.2) is 17.5 Å². The monoisotopic (exact) mass is 310 g/mol. The van der Waals surface area contributed by atoms with Gasteiger partial charge in [-0.15, -0.1) is 0 Å². The molecule has 0 heterocycles. The van der Waals surface area contributed by atoms with Gasteiger partial charge >= 0.3 is 0 Å². The van der Waals surface area contributed by atoms with Gasteiger partial charge in [-0.05, 0) is 18.9 Å². The molecule has 1 unspecified atom stereocenters. The highest BCUT2D eigenvalue weighted by atomic mass is 32.2. The minimum absolute atomic E-state index is 0.0211. The van der Waals surface area contributed by atoms with E-state index in [1.54, 1.807) is 0 Å². The number of hydrogen-bond donors (Lipinski definition) is 2. The van der Waals surface area contributed by atoms with Gasteiger partial charge in [-0.2, -0.15) is 0 Å². The third-order valence-electron chi connectivity index (χ3n) is 3.03. The van der Waals surface area contributed by atoms with Crippen molar-refractivity contribution in [2.24, 2.45) is 5.84 Å². The van der Waals surface area contributed by atoms with Crippen molar-refractivity contribution in [2.45, 2.75) is 25.8 Å². The van der Waals surface area contributed by atoms with Gasteiger partial charge in [0.1, 0.15) is 9.84 Å². The molecule has 0 spiro atoms. The normalized spacial score (nSPS) is 13.4. The maximum atomic E-state index is 13.6. The van der Waals surface area contributed by atoms with Crippen LogP contribution in [0.3, 0.4) is 0 Å². The minimum atomic E-state index is -3.13. The van der Waals surface area contributed by atoms with Crippen molar-refractivity contribution in [1.29, 1.82) is 0 Å². The van der Waals surface area contributed by atoms with Crippen LogP contribution in [-0.2, 0) is 9.84 Å². The maximum Gasteiger partial charge on any atom is 0.194 e. The van der Waals surface area contributed by atoms with Gasteiger partial charge in [0.05, 0.1) is 5.75 Å². The van der Waals surface area contributed by atoms with Crippen LogP contribution in [0.15, 0.2) is 12.1 Å². The van der Waals surface area contributed by atoms with Crippen molar-refractivity contribution >= 4 is 9.84 Å². The molecule has 4 nitrogen and oxygen atoms in total. The van der Waals surface area contributed by atoms with Crippen LogP contribution < -0.4 is 11.3 Å². The van der Waals surface area contributed by atoms with Crippen molar-refractivity contribution < 1.29 is 21.6 Å². The Balaban J connectivity index is 2.80. The Morgan fingerprint density at radius 3 is 2.45 bits per heavy atom. The summed E-state index contributed by atoms with van der Waals surface area (Å²) in [6, 6.07) is 1.12. The Hall–Kier alpha value is -1.12. The van der Waals surface area contributed by atoms with Crippen molar-refractivity contribution in [3.05, 3.63) is 35.1 Å². The number of sulfone groups is 1. The van der Waals surface area contributed by atoms with Crippen LogP contribution in [0.4, 0.5) is 13.2 Å². The lowest BCUT2D eigenvalue weighted by Crippen LogP contribution is -2.29. The topological polar surface area (TPSA) is 72.2 Å². The largest absolute Gasteiger partial charge is 0.271 e. The summed E-state index contributed by atoms with van der Waals surface area (Å²) in [5, 5.41) is 0. The van der Waals surface area contributed by atoms with Crippen LogP contribution in [0.25, 0.3) is 0 Å². The fraction of sp³-hybridized carbons (Fsp3) is 0.500. The Kier molecular flexibility index (Phi) is 5.97. The molecule has 0 aliphatic heterocycles. The molecule has 3 N–H and O–H groups in total. The number of nitrogens with two attached hydrogens (primary N) is 1. The summed E-state index contributed by atoms with van der Waals surface area (Å²) in [6.07, 6.45) is 0.432. The van der Waals surface area contributed by atoms with Gasteiger partial charge in [0.2, 0.25) is 0 Å². The average molecular weight is 310 g/mol. The van der Waals surface area contributed by atoms with E-state index in [2.05, 4.69) is 5.43 Å². The van der Waals surface area contributed by atoms with E-state index >= 15 is 0 Å². The van der Waals surface area contributed by atoms with Crippen molar-refractivity contribution in [3.63, 3.8) is 0 Å². The molecular weight excluding hydrogens is 293 g/mol. The van der Waals surface area contributed by atoms with Crippen molar-refractivity contribution in [1.82, 2.24) is 5.43 Å². The molecule has 0 radical (unpaired) electrons. The second kappa shape index (κ2) is 7.05. The molecule has 0 aliphatic rings. The second-order valence-corrected chi connectivity index (χ2v) is 6.84. The van der Waals surface area contributed by atoms with Gasteiger partial charge in [-0.25, -0.2) is 21.6 Å². The summed E-state index contributed by atoms with van der Waals surface area (Å²) in [5.74, 6) is 1.06. The molecular formula is C12H17F3N2O2S. The Labute approximate surface area is 116 Å².